The Kier molecular flexibility index (Phi) is 3.80. The summed E-state index contributed by atoms with van der Waals surface area (Å²) in [6.07, 6.45) is 0. The van der Waals surface area contributed by atoms with E-state index < -0.39 is 0 Å². The highest BCUT2D eigenvalue weighted by molar-refractivity contribution is 5.98. The fourth-order valence-electron chi connectivity index (χ4n) is 3.71. The number of pyridine rings is 1. The summed E-state index contributed by atoms with van der Waals surface area (Å²) < 4.78 is 1.51. The SMILES string of the molecule is Cn1c(=O)c(C(=O)N2CCN3CCNC(=O)[C@H]3C2)cc2ccccc21. The van der Waals surface area contributed by atoms with Gasteiger partial charge in [-0.3, -0.25) is 19.3 Å². The van der Waals surface area contributed by atoms with Gasteiger partial charge in [0, 0.05) is 39.8 Å². The van der Waals surface area contributed by atoms with Crippen molar-refractivity contribution in [3.8, 4) is 0 Å². The molecule has 1 atom stereocenters. The topological polar surface area (TPSA) is 74.7 Å². The van der Waals surface area contributed by atoms with E-state index >= 15 is 0 Å². The second-order valence-electron chi connectivity index (χ2n) is 6.57. The molecule has 2 fully saturated rings. The van der Waals surface area contributed by atoms with Gasteiger partial charge in [-0.2, -0.15) is 0 Å². The molecule has 2 aromatic rings. The lowest BCUT2D eigenvalue weighted by atomic mass is 10.1. The maximum atomic E-state index is 13.0. The van der Waals surface area contributed by atoms with Gasteiger partial charge in [0.25, 0.3) is 11.5 Å². The van der Waals surface area contributed by atoms with Crippen molar-refractivity contribution in [1.82, 2.24) is 19.7 Å². The molecular weight excluding hydrogens is 320 g/mol. The third-order valence-electron chi connectivity index (χ3n) is 5.14. The predicted molar refractivity (Wildman–Crippen MR) is 93.5 cm³/mol. The van der Waals surface area contributed by atoms with Crippen molar-refractivity contribution in [2.45, 2.75) is 6.04 Å². The number of hydrogen-bond donors (Lipinski definition) is 1. The maximum absolute atomic E-state index is 13.0. The molecular formula is C18H20N4O3. The van der Waals surface area contributed by atoms with Crippen LogP contribution in [0, 0.1) is 0 Å². The highest BCUT2D eigenvalue weighted by atomic mass is 16.2. The van der Waals surface area contributed by atoms with Crippen LogP contribution in [-0.4, -0.2) is 64.9 Å². The van der Waals surface area contributed by atoms with Crippen LogP contribution in [0.4, 0.5) is 0 Å². The van der Waals surface area contributed by atoms with Gasteiger partial charge in [0.05, 0.1) is 5.52 Å². The van der Waals surface area contributed by atoms with E-state index in [0.717, 1.165) is 17.4 Å². The van der Waals surface area contributed by atoms with Gasteiger partial charge in [0.1, 0.15) is 11.6 Å². The number of hydrogen-bond acceptors (Lipinski definition) is 4. The first-order valence-electron chi connectivity index (χ1n) is 8.46. The number of para-hydroxylation sites is 1. The zero-order chi connectivity index (χ0) is 17.6. The number of carbonyl (C=O) groups is 2. The van der Waals surface area contributed by atoms with E-state index in [4.69, 9.17) is 0 Å². The lowest BCUT2D eigenvalue weighted by Crippen LogP contribution is -2.64. The second-order valence-corrected chi connectivity index (χ2v) is 6.57. The van der Waals surface area contributed by atoms with E-state index in [9.17, 15) is 14.4 Å². The zero-order valence-electron chi connectivity index (χ0n) is 14.1. The number of fused-ring (bicyclic) bond motifs is 2. The molecule has 2 aliphatic heterocycles. The molecule has 3 heterocycles. The fraction of sp³-hybridized carbons (Fsp3) is 0.389. The van der Waals surface area contributed by atoms with Crippen LogP contribution < -0.4 is 10.9 Å². The first kappa shape index (κ1) is 15.8. The molecule has 25 heavy (non-hydrogen) atoms. The number of rotatable bonds is 1. The third-order valence-corrected chi connectivity index (χ3v) is 5.14. The van der Waals surface area contributed by atoms with Crippen molar-refractivity contribution < 1.29 is 9.59 Å². The number of nitrogens with one attached hydrogen (secondary N) is 1. The summed E-state index contributed by atoms with van der Waals surface area (Å²) in [5.41, 5.74) is 0.644. The number of nitrogens with zero attached hydrogens (tertiary/aromatic N) is 3. The number of aryl methyl sites for hydroxylation is 1. The van der Waals surface area contributed by atoms with Crippen LogP contribution in [0.1, 0.15) is 10.4 Å². The Bertz CT molecular complexity index is 920. The standard InChI is InChI=1S/C18H20N4O3/c1-20-14-5-3-2-4-12(14)10-13(17(20)24)18(25)22-9-8-21-7-6-19-16(23)15(21)11-22/h2-5,10,15H,6-9,11H2,1H3,(H,19,23)/t15-/m1/s1. The molecule has 7 nitrogen and oxygen atoms in total. The Morgan fingerprint density at radius 2 is 1.96 bits per heavy atom. The van der Waals surface area contributed by atoms with Gasteiger partial charge < -0.3 is 14.8 Å². The minimum atomic E-state index is -0.323. The summed E-state index contributed by atoms with van der Waals surface area (Å²) >= 11 is 0. The van der Waals surface area contributed by atoms with Gasteiger partial charge in [-0.15, -0.1) is 0 Å². The van der Waals surface area contributed by atoms with Crippen molar-refractivity contribution >= 4 is 22.7 Å². The molecule has 1 aromatic carbocycles. The average molecular weight is 340 g/mol. The van der Waals surface area contributed by atoms with Gasteiger partial charge in [-0.1, -0.05) is 18.2 Å². The van der Waals surface area contributed by atoms with E-state index in [1.54, 1.807) is 18.0 Å². The summed E-state index contributed by atoms with van der Waals surface area (Å²) in [6.45, 7) is 2.95. The molecule has 1 aromatic heterocycles. The molecule has 0 aliphatic carbocycles. The Labute approximate surface area is 144 Å². The monoisotopic (exact) mass is 340 g/mol. The summed E-state index contributed by atoms with van der Waals surface area (Å²) in [4.78, 5) is 41.4. The van der Waals surface area contributed by atoms with E-state index in [1.807, 2.05) is 24.3 Å². The molecule has 0 spiro atoms. The second kappa shape index (κ2) is 6.00. The van der Waals surface area contributed by atoms with Crippen molar-refractivity contribution in [3.05, 3.63) is 46.2 Å². The number of carbonyl (C=O) groups excluding carboxylic acids is 2. The minimum absolute atomic E-state index is 0.0461. The number of aromatic nitrogens is 1. The highest BCUT2D eigenvalue weighted by Gasteiger charge is 2.37. The Hall–Kier alpha value is -2.67. The zero-order valence-corrected chi connectivity index (χ0v) is 14.1. The molecule has 4 rings (SSSR count). The van der Waals surface area contributed by atoms with Crippen molar-refractivity contribution in [2.24, 2.45) is 7.05 Å². The van der Waals surface area contributed by atoms with Crippen molar-refractivity contribution in [1.29, 1.82) is 0 Å². The predicted octanol–water partition coefficient (Wildman–Crippen LogP) is -0.205. The maximum Gasteiger partial charge on any atom is 0.263 e. The number of benzene rings is 1. The van der Waals surface area contributed by atoms with Gasteiger partial charge >= 0.3 is 0 Å². The lowest BCUT2D eigenvalue weighted by Gasteiger charge is -2.42. The summed E-state index contributed by atoms with van der Waals surface area (Å²) in [5, 5.41) is 3.69. The summed E-state index contributed by atoms with van der Waals surface area (Å²) in [7, 11) is 1.67. The Morgan fingerprint density at radius 1 is 1.16 bits per heavy atom. The van der Waals surface area contributed by atoms with Gasteiger partial charge in [-0.05, 0) is 17.5 Å². The average Bonchev–Trinajstić information content (AvgIpc) is 2.64. The highest BCUT2D eigenvalue weighted by Crippen LogP contribution is 2.17. The summed E-state index contributed by atoms with van der Waals surface area (Å²) in [5.74, 6) is -0.348. The molecule has 2 amide bonds. The van der Waals surface area contributed by atoms with E-state index in [2.05, 4.69) is 10.2 Å². The van der Waals surface area contributed by atoms with Gasteiger partial charge in [0.15, 0.2) is 0 Å². The van der Waals surface area contributed by atoms with Gasteiger partial charge in [0.2, 0.25) is 5.91 Å². The molecule has 130 valence electrons. The van der Waals surface area contributed by atoms with Crippen LogP contribution in [0.15, 0.2) is 35.1 Å². The largest absolute Gasteiger partial charge is 0.353 e. The van der Waals surface area contributed by atoms with Crippen molar-refractivity contribution in [2.75, 3.05) is 32.7 Å². The van der Waals surface area contributed by atoms with Gasteiger partial charge in [-0.25, -0.2) is 0 Å². The van der Waals surface area contributed by atoms with Crippen LogP contribution in [-0.2, 0) is 11.8 Å². The van der Waals surface area contributed by atoms with Crippen LogP contribution in [0.3, 0.4) is 0 Å². The van der Waals surface area contributed by atoms with E-state index in [-0.39, 0.29) is 29.0 Å². The molecule has 2 aliphatic rings. The smallest absolute Gasteiger partial charge is 0.263 e. The number of piperazine rings is 2. The fourth-order valence-corrected chi connectivity index (χ4v) is 3.71. The van der Waals surface area contributed by atoms with Crippen LogP contribution in [0.2, 0.25) is 0 Å². The molecule has 0 unspecified atom stereocenters. The van der Waals surface area contributed by atoms with E-state index in [0.29, 0.717) is 26.2 Å². The first-order chi connectivity index (χ1) is 12.1. The third kappa shape index (κ3) is 2.60. The summed E-state index contributed by atoms with van der Waals surface area (Å²) in [6, 6.07) is 8.83. The normalized spacial score (nSPS) is 21.1. The molecule has 0 saturated carbocycles. The number of amides is 2. The van der Waals surface area contributed by atoms with E-state index in [1.165, 1.54) is 4.57 Å². The molecule has 0 radical (unpaired) electrons. The minimum Gasteiger partial charge on any atom is -0.353 e. The van der Waals surface area contributed by atoms with Crippen LogP contribution >= 0.6 is 0 Å². The molecule has 0 bridgehead atoms. The Morgan fingerprint density at radius 3 is 2.80 bits per heavy atom. The molecule has 1 N–H and O–H groups in total. The van der Waals surface area contributed by atoms with Crippen molar-refractivity contribution in [3.63, 3.8) is 0 Å². The lowest BCUT2D eigenvalue weighted by molar-refractivity contribution is -0.131. The Balaban J connectivity index is 1.67. The van der Waals surface area contributed by atoms with Crippen LogP contribution in [0.25, 0.3) is 10.9 Å². The van der Waals surface area contributed by atoms with Crippen LogP contribution in [0.5, 0.6) is 0 Å². The first-order valence-corrected chi connectivity index (χ1v) is 8.46. The molecule has 7 heteroatoms. The molecule has 2 saturated heterocycles. The quantitative estimate of drug-likeness (QED) is 0.780.